The summed E-state index contributed by atoms with van der Waals surface area (Å²) in [5, 5.41) is 2.30. The summed E-state index contributed by atoms with van der Waals surface area (Å²) >= 11 is 0. The van der Waals surface area contributed by atoms with Crippen molar-refractivity contribution in [3.05, 3.63) is 77.1 Å². The van der Waals surface area contributed by atoms with Gasteiger partial charge in [-0.25, -0.2) is 5.43 Å². The fourth-order valence-corrected chi connectivity index (χ4v) is 2.80. The number of aromatic nitrogens is 1. The molecular weight excluding hydrogens is 258 g/mol. The van der Waals surface area contributed by atoms with Gasteiger partial charge in [-0.15, -0.1) is 0 Å². The number of rotatable bonds is 3. The number of fused-ring (bicyclic) bond motifs is 1. The molecule has 106 valence electrons. The SMILES string of the molecule is Cc1cccc(C(NN)c2cncc3ccccc23)c1C. The number of hydrogen-bond acceptors (Lipinski definition) is 3. The molecule has 0 bridgehead atoms. The van der Waals surface area contributed by atoms with Crippen LogP contribution in [0, 0.1) is 13.8 Å². The van der Waals surface area contributed by atoms with E-state index in [4.69, 9.17) is 5.84 Å². The highest BCUT2D eigenvalue weighted by atomic mass is 15.2. The first kappa shape index (κ1) is 13.7. The van der Waals surface area contributed by atoms with Crippen LogP contribution in [0.25, 0.3) is 10.8 Å². The Morgan fingerprint density at radius 1 is 0.952 bits per heavy atom. The first-order valence-electron chi connectivity index (χ1n) is 7.07. The number of pyridine rings is 1. The fourth-order valence-electron chi connectivity index (χ4n) is 2.80. The van der Waals surface area contributed by atoms with Crippen molar-refractivity contribution < 1.29 is 0 Å². The van der Waals surface area contributed by atoms with Crippen LogP contribution in [-0.2, 0) is 0 Å². The summed E-state index contributed by atoms with van der Waals surface area (Å²) in [6.07, 6.45) is 3.78. The number of hydrogen-bond donors (Lipinski definition) is 2. The van der Waals surface area contributed by atoms with Crippen LogP contribution in [0.4, 0.5) is 0 Å². The Balaban J connectivity index is 2.21. The Kier molecular flexibility index (Phi) is 3.69. The minimum atomic E-state index is -0.0662. The lowest BCUT2D eigenvalue weighted by Gasteiger charge is -2.21. The molecule has 0 aliphatic carbocycles. The van der Waals surface area contributed by atoms with Gasteiger partial charge in [-0.1, -0.05) is 42.5 Å². The van der Waals surface area contributed by atoms with E-state index in [1.807, 2.05) is 24.5 Å². The van der Waals surface area contributed by atoms with Crippen LogP contribution in [0.3, 0.4) is 0 Å². The van der Waals surface area contributed by atoms with E-state index < -0.39 is 0 Å². The van der Waals surface area contributed by atoms with Gasteiger partial charge in [-0.3, -0.25) is 10.8 Å². The smallest absolute Gasteiger partial charge is 0.0733 e. The monoisotopic (exact) mass is 277 g/mol. The molecule has 3 rings (SSSR count). The molecule has 0 aliphatic heterocycles. The Bertz CT molecular complexity index is 775. The van der Waals surface area contributed by atoms with Gasteiger partial charge in [-0.2, -0.15) is 0 Å². The summed E-state index contributed by atoms with van der Waals surface area (Å²) in [4.78, 5) is 4.36. The van der Waals surface area contributed by atoms with Crippen molar-refractivity contribution in [1.29, 1.82) is 0 Å². The maximum Gasteiger partial charge on any atom is 0.0733 e. The third-order valence-electron chi connectivity index (χ3n) is 4.13. The highest BCUT2D eigenvalue weighted by Gasteiger charge is 2.18. The second-order valence-electron chi connectivity index (χ2n) is 5.34. The molecule has 1 aromatic heterocycles. The third kappa shape index (κ3) is 2.42. The van der Waals surface area contributed by atoms with Gasteiger partial charge in [0.05, 0.1) is 6.04 Å². The molecule has 2 aromatic carbocycles. The second kappa shape index (κ2) is 5.64. The largest absolute Gasteiger partial charge is 0.271 e. The normalized spacial score (nSPS) is 12.5. The van der Waals surface area contributed by atoms with Crippen LogP contribution in [0.15, 0.2) is 54.9 Å². The predicted octanol–water partition coefficient (Wildman–Crippen LogP) is 3.40. The number of aryl methyl sites for hydroxylation is 1. The van der Waals surface area contributed by atoms with E-state index in [9.17, 15) is 0 Å². The average molecular weight is 277 g/mol. The molecule has 3 nitrogen and oxygen atoms in total. The number of hydrazine groups is 1. The molecule has 21 heavy (non-hydrogen) atoms. The summed E-state index contributed by atoms with van der Waals surface area (Å²) in [5.74, 6) is 5.87. The zero-order valence-electron chi connectivity index (χ0n) is 12.3. The maximum absolute atomic E-state index is 5.87. The van der Waals surface area contributed by atoms with Gasteiger partial charge in [0.25, 0.3) is 0 Å². The minimum Gasteiger partial charge on any atom is -0.271 e. The van der Waals surface area contributed by atoms with E-state index in [2.05, 4.69) is 54.6 Å². The van der Waals surface area contributed by atoms with Crippen molar-refractivity contribution in [1.82, 2.24) is 10.4 Å². The van der Waals surface area contributed by atoms with Crippen LogP contribution in [0.2, 0.25) is 0 Å². The topological polar surface area (TPSA) is 50.9 Å². The summed E-state index contributed by atoms with van der Waals surface area (Å²) in [6, 6.07) is 14.5. The molecular formula is C18H19N3. The van der Waals surface area contributed by atoms with Crippen LogP contribution < -0.4 is 11.3 Å². The van der Waals surface area contributed by atoms with E-state index in [1.54, 1.807) is 0 Å². The van der Waals surface area contributed by atoms with Crippen LogP contribution in [0.5, 0.6) is 0 Å². The molecule has 0 spiro atoms. The third-order valence-corrected chi connectivity index (χ3v) is 4.13. The number of nitrogens with two attached hydrogens (primary N) is 1. The van der Waals surface area contributed by atoms with Gasteiger partial charge < -0.3 is 0 Å². The summed E-state index contributed by atoms with van der Waals surface area (Å²) in [5.41, 5.74) is 7.77. The molecule has 3 N–H and O–H groups in total. The van der Waals surface area contributed by atoms with Crippen molar-refractivity contribution in [3.8, 4) is 0 Å². The Labute approximate surface area is 124 Å². The van der Waals surface area contributed by atoms with Gasteiger partial charge in [0.15, 0.2) is 0 Å². The molecule has 0 saturated heterocycles. The fraction of sp³-hybridized carbons (Fsp3) is 0.167. The van der Waals surface area contributed by atoms with Gasteiger partial charge in [-0.05, 0) is 35.9 Å². The molecule has 3 aromatic rings. The lowest BCUT2D eigenvalue weighted by Crippen LogP contribution is -2.29. The van der Waals surface area contributed by atoms with Crippen molar-refractivity contribution >= 4 is 10.8 Å². The lowest BCUT2D eigenvalue weighted by atomic mass is 9.91. The molecule has 1 heterocycles. The number of nitrogens with one attached hydrogen (secondary N) is 1. The Hall–Kier alpha value is -2.23. The molecule has 0 amide bonds. The molecule has 1 atom stereocenters. The zero-order valence-corrected chi connectivity index (χ0v) is 12.3. The average Bonchev–Trinajstić information content (AvgIpc) is 2.52. The minimum absolute atomic E-state index is 0.0662. The van der Waals surface area contributed by atoms with Gasteiger partial charge in [0.2, 0.25) is 0 Å². The standard InChI is InChI=1S/C18H19N3/c1-12-6-5-9-15(13(12)2)18(21-19)17-11-20-10-14-7-3-4-8-16(14)17/h3-11,18,21H,19H2,1-2H3. The highest BCUT2D eigenvalue weighted by Crippen LogP contribution is 2.30. The molecule has 3 heteroatoms. The van der Waals surface area contributed by atoms with Gasteiger partial charge in [0, 0.05) is 23.3 Å². The van der Waals surface area contributed by atoms with E-state index >= 15 is 0 Å². The van der Waals surface area contributed by atoms with E-state index in [0.717, 1.165) is 10.9 Å². The molecule has 0 aliphatic rings. The molecule has 0 fully saturated rings. The van der Waals surface area contributed by atoms with Crippen LogP contribution in [-0.4, -0.2) is 4.98 Å². The van der Waals surface area contributed by atoms with Gasteiger partial charge in [0.1, 0.15) is 0 Å². The summed E-state index contributed by atoms with van der Waals surface area (Å²) in [7, 11) is 0. The Morgan fingerprint density at radius 3 is 2.57 bits per heavy atom. The van der Waals surface area contributed by atoms with E-state index in [0.29, 0.717) is 0 Å². The quantitative estimate of drug-likeness (QED) is 0.570. The molecule has 0 saturated carbocycles. The van der Waals surface area contributed by atoms with Crippen molar-refractivity contribution in [2.75, 3.05) is 0 Å². The first-order valence-corrected chi connectivity index (χ1v) is 7.07. The molecule has 1 unspecified atom stereocenters. The summed E-state index contributed by atoms with van der Waals surface area (Å²) < 4.78 is 0. The zero-order chi connectivity index (χ0) is 14.8. The number of nitrogens with zero attached hydrogens (tertiary/aromatic N) is 1. The lowest BCUT2D eigenvalue weighted by molar-refractivity contribution is 0.635. The van der Waals surface area contributed by atoms with E-state index in [1.165, 1.54) is 22.1 Å². The summed E-state index contributed by atoms with van der Waals surface area (Å²) in [6.45, 7) is 4.25. The maximum atomic E-state index is 5.87. The van der Waals surface area contributed by atoms with Crippen molar-refractivity contribution in [2.24, 2.45) is 5.84 Å². The van der Waals surface area contributed by atoms with Crippen LogP contribution in [0.1, 0.15) is 28.3 Å². The first-order chi connectivity index (χ1) is 10.2. The van der Waals surface area contributed by atoms with Crippen LogP contribution >= 0.6 is 0 Å². The van der Waals surface area contributed by atoms with Crippen molar-refractivity contribution in [2.45, 2.75) is 19.9 Å². The van der Waals surface area contributed by atoms with Crippen molar-refractivity contribution in [3.63, 3.8) is 0 Å². The Morgan fingerprint density at radius 2 is 1.76 bits per heavy atom. The predicted molar refractivity (Wildman–Crippen MR) is 86.8 cm³/mol. The van der Waals surface area contributed by atoms with E-state index in [-0.39, 0.29) is 6.04 Å². The second-order valence-corrected chi connectivity index (χ2v) is 5.34. The van der Waals surface area contributed by atoms with Gasteiger partial charge >= 0.3 is 0 Å². The number of benzene rings is 2. The highest BCUT2D eigenvalue weighted by molar-refractivity contribution is 5.85. The molecule has 0 radical (unpaired) electrons.